The number of aromatic nitrogens is 1. The van der Waals surface area contributed by atoms with Gasteiger partial charge in [-0.15, -0.1) is 0 Å². The van der Waals surface area contributed by atoms with E-state index in [-0.39, 0.29) is 5.78 Å². The van der Waals surface area contributed by atoms with E-state index in [2.05, 4.69) is 0 Å². The third-order valence-corrected chi connectivity index (χ3v) is 3.94. The van der Waals surface area contributed by atoms with Gasteiger partial charge in [-0.3, -0.25) is 9.59 Å². The van der Waals surface area contributed by atoms with Gasteiger partial charge in [0.25, 0.3) is 0 Å². The molecule has 0 amide bonds. The van der Waals surface area contributed by atoms with E-state index >= 15 is 0 Å². The average molecular weight is 278 g/mol. The number of ketones is 1. The first kappa shape index (κ1) is 12.2. The van der Waals surface area contributed by atoms with Crippen LogP contribution in [0.2, 0.25) is 5.02 Å². The lowest BCUT2D eigenvalue weighted by atomic mass is 10.0. The fraction of sp³-hybridized carbons (Fsp3) is 0.286. The monoisotopic (exact) mass is 277 g/mol. The first-order chi connectivity index (χ1) is 8.99. The van der Waals surface area contributed by atoms with Crippen molar-refractivity contribution >= 4 is 34.3 Å². The Hall–Kier alpha value is -1.81. The van der Waals surface area contributed by atoms with Crippen LogP contribution in [-0.2, 0) is 11.8 Å². The highest BCUT2D eigenvalue weighted by Crippen LogP contribution is 2.42. The van der Waals surface area contributed by atoms with Gasteiger partial charge in [-0.2, -0.15) is 0 Å². The molecule has 1 aliphatic carbocycles. The van der Waals surface area contributed by atoms with Gasteiger partial charge in [0.15, 0.2) is 5.78 Å². The summed E-state index contributed by atoms with van der Waals surface area (Å²) in [5, 5.41) is 10.3. The predicted molar refractivity (Wildman–Crippen MR) is 71.5 cm³/mol. The quantitative estimate of drug-likeness (QED) is 0.878. The summed E-state index contributed by atoms with van der Waals surface area (Å²) in [6.07, 6.45) is 2.31. The first-order valence-electron chi connectivity index (χ1n) is 6.00. The van der Waals surface area contributed by atoms with E-state index < -0.39 is 17.8 Å². The van der Waals surface area contributed by atoms with Crippen molar-refractivity contribution in [3.05, 3.63) is 35.0 Å². The molecule has 2 atom stereocenters. The summed E-state index contributed by atoms with van der Waals surface area (Å²) < 4.78 is 1.89. The number of carbonyl (C=O) groups excluding carboxylic acids is 1. The van der Waals surface area contributed by atoms with Crippen LogP contribution in [0.4, 0.5) is 0 Å². The molecular weight excluding hydrogens is 266 g/mol. The Morgan fingerprint density at radius 2 is 2.11 bits per heavy atom. The Morgan fingerprint density at radius 1 is 1.37 bits per heavy atom. The zero-order valence-corrected chi connectivity index (χ0v) is 11.0. The van der Waals surface area contributed by atoms with Gasteiger partial charge >= 0.3 is 5.97 Å². The summed E-state index contributed by atoms with van der Waals surface area (Å²) in [5.41, 5.74) is 1.38. The van der Waals surface area contributed by atoms with Crippen molar-refractivity contribution in [1.82, 2.24) is 4.57 Å². The van der Waals surface area contributed by atoms with Gasteiger partial charge in [-0.1, -0.05) is 11.6 Å². The molecule has 1 N–H and O–H groups in total. The van der Waals surface area contributed by atoms with Gasteiger partial charge in [0.05, 0.1) is 16.5 Å². The van der Waals surface area contributed by atoms with Crippen molar-refractivity contribution < 1.29 is 14.7 Å². The molecular formula is C14H12ClNO3. The van der Waals surface area contributed by atoms with Crippen LogP contribution in [0.25, 0.3) is 10.9 Å². The zero-order valence-electron chi connectivity index (χ0n) is 10.3. The summed E-state index contributed by atoms with van der Waals surface area (Å²) in [5.74, 6) is -1.95. The van der Waals surface area contributed by atoms with Gasteiger partial charge < -0.3 is 9.67 Å². The lowest BCUT2D eigenvalue weighted by Crippen LogP contribution is -2.08. The van der Waals surface area contributed by atoms with Gasteiger partial charge in [0, 0.05) is 30.1 Å². The Morgan fingerprint density at radius 3 is 2.74 bits per heavy atom. The molecule has 0 radical (unpaired) electrons. The normalized spacial score (nSPS) is 21.6. The smallest absolute Gasteiger partial charge is 0.307 e. The molecule has 2 aromatic rings. The molecule has 1 saturated carbocycles. The molecule has 0 bridgehead atoms. The molecule has 0 saturated heterocycles. The van der Waals surface area contributed by atoms with Crippen molar-refractivity contribution in [2.45, 2.75) is 6.42 Å². The lowest BCUT2D eigenvalue weighted by molar-refractivity contribution is -0.138. The first-order valence-corrected chi connectivity index (χ1v) is 6.38. The minimum Gasteiger partial charge on any atom is -0.481 e. The van der Waals surface area contributed by atoms with Crippen molar-refractivity contribution in [2.24, 2.45) is 18.9 Å². The molecule has 0 aliphatic heterocycles. The van der Waals surface area contributed by atoms with E-state index in [0.717, 1.165) is 10.9 Å². The Labute approximate surface area is 114 Å². The molecule has 1 heterocycles. The number of halogens is 1. The van der Waals surface area contributed by atoms with Gasteiger partial charge in [0.2, 0.25) is 0 Å². The number of hydrogen-bond donors (Lipinski definition) is 1. The van der Waals surface area contributed by atoms with Crippen LogP contribution in [0, 0.1) is 11.8 Å². The van der Waals surface area contributed by atoms with Gasteiger partial charge in [-0.25, -0.2) is 0 Å². The van der Waals surface area contributed by atoms with Crippen LogP contribution >= 0.6 is 11.6 Å². The van der Waals surface area contributed by atoms with Crippen LogP contribution < -0.4 is 0 Å². The highest BCUT2D eigenvalue weighted by atomic mass is 35.5. The minimum absolute atomic E-state index is 0.125. The number of rotatable bonds is 3. The number of aliphatic carboxylic acids is 1. The summed E-state index contributed by atoms with van der Waals surface area (Å²) in [7, 11) is 1.89. The molecule has 1 aromatic heterocycles. The second-order valence-corrected chi connectivity index (χ2v) is 5.38. The highest BCUT2D eigenvalue weighted by Gasteiger charge is 2.48. The second-order valence-electron chi connectivity index (χ2n) is 4.97. The van der Waals surface area contributed by atoms with E-state index in [9.17, 15) is 9.59 Å². The largest absolute Gasteiger partial charge is 0.481 e. The fourth-order valence-electron chi connectivity index (χ4n) is 2.50. The third-order valence-electron chi connectivity index (χ3n) is 3.65. The second kappa shape index (κ2) is 4.10. The number of carbonyl (C=O) groups is 2. The van der Waals surface area contributed by atoms with E-state index in [4.69, 9.17) is 16.7 Å². The Balaban J connectivity index is 1.98. The standard InChI is InChI=1S/C14H12ClNO3/c1-16-3-2-7-4-8(5-11(15)12(7)16)13(17)9-6-10(9)14(18)19/h2-5,9-10H,6H2,1H3,(H,18,19)/t9-,10-/m0/s1. The molecule has 0 spiro atoms. The van der Waals surface area contributed by atoms with E-state index in [0.29, 0.717) is 17.0 Å². The topological polar surface area (TPSA) is 59.3 Å². The molecule has 98 valence electrons. The number of hydrogen-bond acceptors (Lipinski definition) is 2. The molecule has 1 fully saturated rings. The summed E-state index contributed by atoms with van der Waals surface area (Å²) in [6.45, 7) is 0. The van der Waals surface area contributed by atoms with Crippen LogP contribution in [0.3, 0.4) is 0 Å². The van der Waals surface area contributed by atoms with Crippen LogP contribution in [-0.4, -0.2) is 21.4 Å². The number of benzene rings is 1. The Kier molecular flexibility index (Phi) is 2.64. The van der Waals surface area contributed by atoms with Crippen LogP contribution in [0.5, 0.6) is 0 Å². The fourth-order valence-corrected chi connectivity index (χ4v) is 2.86. The maximum Gasteiger partial charge on any atom is 0.307 e. The zero-order chi connectivity index (χ0) is 13.7. The number of carboxylic acids is 1. The molecule has 4 nitrogen and oxygen atoms in total. The number of carboxylic acid groups (broad SMARTS) is 1. The van der Waals surface area contributed by atoms with E-state index in [1.54, 1.807) is 12.1 Å². The third kappa shape index (κ3) is 1.92. The summed E-state index contributed by atoms with van der Waals surface area (Å²) >= 11 is 6.19. The lowest BCUT2D eigenvalue weighted by Gasteiger charge is -2.04. The van der Waals surface area contributed by atoms with Gasteiger partial charge in [-0.05, 0) is 24.6 Å². The molecule has 1 aromatic carbocycles. The maximum atomic E-state index is 12.2. The molecule has 19 heavy (non-hydrogen) atoms. The van der Waals surface area contributed by atoms with Crippen molar-refractivity contribution in [3.63, 3.8) is 0 Å². The van der Waals surface area contributed by atoms with Crippen molar-refractivity contribution in [1.29, 1.82) is 0 Å². The van der Waals surface area contributed by atoms with E-state index in [1.807, 2.05) is 23.9 Å². The summed E-state index contributed by atoms with van der Waals surface area (Å²) in [6, 6.07) is 5.30. The highest BCUT2D eigenvalue weighted by molar-refractivity contribution is 6.35. The summed E-state index contributed by atoms with van der Waals surface area (Å²) in [4.78, 5) is 23.0. The maximum absolute atomic E-state index is 12.2. The predicted octanol–water partition coefficient (Wildman–Crippen LogP) is 2.74. The molecule has 3 rings (SSSR count). The minimum atomic E-state index is -0.898. The van der Waals surface area contributed by atoms with Crippen molar-refractivity contribution in [3.8, 4) is 0 Å². The Bertz CT molecular complexity index is 704. The van der Waals surface area contributed by atoms with Crippen LogP contribution in [0.1, 0.15) is 16.8 Å². The number of aryl methyl sites for hydroxylation is 1. The number of Topliss-reactive ketones (excluding diaryl/α,β-unsaturated/α-hetero) is 1. The van der Waals surface area contributed by atoms with Gasteiger partial charge in [0.1, 0.15) is 0 Å². The molecule has 5 heteroatoms. The van der Waals surface area contributed by atoms with Crippen molar-refractivity contribution in [2.75, 3.05) is 0 Å². The molecule has 0 unspecified atom stereocenters. The van der Waals surface area contributed by atoms with E-state index in [1.165, 1.54) is 0 Å². The molecule has 1 aliphatic rings. The van der Waals surface area contributed by atoms with Crippen LogP contribution in [0.15, 0.2) is 24.4 Å². The number of fused-ring (bicyclic) bond motifs is 1. The number of nitrogens with zero attached hydrogens (tertiary/aromatic N) is 1. The SMILES string of the molecule is Cn1ccc2cc(C(=O)[C@H]3C[C@@H]3C(=O)O)cc(Cl)c21. The average Bonchev–Trinajstić information content (AvgIpc) is 3.07.